The molecule has 0 radical (unpaired) electrons. The Labute approximate surface area is 113 Å². The molecule has 3 nitrogen and oxygen atoms in total. The van der Waals surface area contributed by atoms with Crippen LogP contribution in [0, 0.1) is 0 Å². The monoisotopic (exact) mass is 289 g/mol. The molecule has 90 valence electrons. The van der Waals surface area contributed by atoms with Gasteiger partial charge in [0.05, 0.1) is 24.3 Å². The van der Waals surface area contributed by atoms with Gasteiger partial charge in [0.15, 0.2) is 4.47 Å². The van der Waals surface area contributed by atoms with E-state index in [-0.39, 0.29) is 6.61 Å². The highest BCUT2D eigenvalue weighted by Crippen LogP contribution is 2.37. The molecule has 1 aromatic carbocycles. The van der Waals surface area contributed by atoms with Crippen molar-refractivity contribution in [1.82, 2.24) is 4.98 Å². The first-order valence-corrected chi connectivity index (χ1v) is 6.33. The van der Waals surface area contributed by atoms with Gasteiger partial charge in [-0.2, -0.15) is 0 Å². The summed E-state index contributed by atoms with van der Waals surface area (Å²) >= 11 is 13.0. The number of halogens is 2. The van der Waals surface area contributed by atoms with Crippen molar-refractivity contribution in [3.05, 3.63) is 32.6 Å². The van der Waals surface area contributed by atoms with Crippen LogP contribution in [-0.2, 0) is 6.61 Å². The summed E-state index contributed by atoms with van der Waals surface area (Å²) in [6, 6.07) is 5.23. The molecule has 0 saturated heterocycles. The molecule has 0 aliphatic carbocycles. The fourth-order valence-electron chi connectivity index (χ4n) is 1.51. The zero-order chi connectivity index (χ0) is 12.4. The third kappa shape index (κ3) is 2.55. The number of methoxy groups -OCH3 is 1. The number of ether oxygens (including phenoxy) is 1. The van der Waals surface area contributed by atoms with Gasteiger partial charge in [0, 0.05) is 10.6 Å². The standard InChI is InChI=1S/C11H9Cl2NO2S/c1-16-8-3-2-6(12)4-7(8)10-9(5-15)17-11(13)14-10/h2-4,15H,5H2,1H3. The lowest BCUT2D eigenvalue weighted by molar-refractivity contribution is 0.286. The van der Waals surface area contributed by atoms with Crippen LogP contribution in [0.15, 0.2) is 18.2 Å². The van der Waals surface area contributed by atoms with E-state index < -0.39 is 0 Å². The molecule has 0 unspecified atom stereocenters. The largest absolute Gasteiger partial charge is 0.496 e. The lowest BCUT2D eigenvalue weighted by Gasteiger charge is -2.07. The molecule has 2 rings (SSSR count). The number of rotatable bonds is 3. The molecule has 1 aromatic heterocycles. The van der Waals surface area contributed by atoms with Crippen LogP contribution in [0.4, 0.5) is 0 Å². The summed E-state index contributed by atoms with van der Waals surface area (Å²) < 4.78 is 5.63. The maximum atomic E-state index is 9.26. The van der Waals surface area contributed by atoms with Crippen LogP contribution in [0.5, 0.6) is 5.75 Å². The zero-order valence-electron chi connectivity index (χ0n) is 8.91. The highest BCUT2D eigenvalue weighted by molar-refractivity contribution is 7.16. The van der Waals surface area contributed by atoms with Crippen LogP contribution in [0.3, 0.4) is 0 Å². The van der Waals surface area contributed by atoms with Crippen LogP contribution >= 0.6 is 34.5 Å². The molecule has 1 heterocycles. The Morgan fingerprint density at radius 1 is 1.41 bits per heavy atom. The number of benzene rings is 1. The third-order valence-corrected chi connectivity index (χ3v) is 3.61. The normalized spacial score (nSPS) is 10.6. The Morgan fingerprint density at radius 3 is 2.82 bits per heavy atom. The van der Waals surface area contributed by atoms with Gasteiger partial charge in [0.25, 0.3) is 0 Å². The Bertz CT molecular complexity index is 542. The van der Waals surface area contributed by atoms with E-state index in [1.54, 1.807) is 25.3 Å². The molecule has 6 heteroatoms. The number of nitrogens with zero attached hydrogens (tertiary/aromatic N) is 1. The molecule has 0 aliphatic heterocycles. The highest BCUT2D eigenvalue weighted by Gasteiger charge is 2.15. The van der Waals surface area contributed by atoms with Crippen LogP contribution in [0.2, 0.25) is 9.49 Å². The van der Waals surface area contributed by atoms with E-state index in [9.17, 15) is 5.11 Å². The van der Waals surface area contributed by atoms with Crippen molar-refractivity contribution in [2.75, 3.05) is 7.11 Å². The second-order valence-electron chi connectivity index (χ2n) is 3.24. The summed E-state index contributed by atoms with van der Waals surface area (Å²) in [5, 5.41) is 9.84. The fourth-order valence-corrected chi connectivity index (χ4v) is 2.70. The van der Waals surface area contributed by atoms with Crippen LogP contribution < -0.4 is 4.74 Å². The number of hydrogen-bond donors (Lipinski definition) is 1. The average molecular weight is 290 g/mol. The van der Waals surface area contributed by atoms with E-state index in [2.05, 4.69) is 4.98 Å². The van der Waals surface area contributed by atoms with E-state index in [1.807, 2.05) is 0 Å². The first-order chi connectivity index (χ1) is 8.15. The quantitative estimate of drug-likeness (QED) is 0.938. The second-order valence-corrected chi connectivity index (χ2v) is 5.34. The molecule has 0 bridgehead atoms. The number of aliphatic hydroxyl groups excluding tert-OH is 1. The van der Waals surface area contributed by atoms with E-state index >= 15 is 0 Å². The summed E-state index contributed by atoms with van der Waals surface area (Å²) in [7, 11) is 1.57. The van der Waals surface area contributed by atoms with Gasteiger partial charge in [0.1, 0.15) is 5.75 Å². The van der Waals surface area contributed by atoms with Crippen LogP contribution in [0.1, 0.15) is 4.88 Å². The second kappa shape index (κ2) is 5.23. The molecule has 17 heavy (non-hydrogen) atoms. The maximum absolute atomic E-state index is 9.26. The van der Waals surface area contributed by atoms with Gasteiger partial charge in [-0.1, -0.05) is 23.2 Å². The predicted molar refractivity (Wildman–Crippen MR) is 70.0 cm³/mol. The van der Waals surface area contributed by atoms with Crippen molar-refractivity contribution in [3.63, 3.8) is 0 Å². The van der Waals surface area contributed by atoms with Gasteiger partial charge in [-0.15, -0.1) is 11.3 Å². The van der Waals surface area contributed by atoms with Gasteiger partial charge in [-0.3, -0.25) is 0 Å². The lowest BCUT2D eigenvalue weighted by Crippen LogP contribution is -1.91. The molecule has 0 aliphatic rings. The summed E-state index contributed by atoms with van der Waals surface area (Å²) in [5.74, 6) is 0.645. The summed E-state index contributed by atoms with van der Waals surface area (Å²) in [6.07, 6.45) is 0. The summed E-state index contributed by atoms with van der Waals surface area (Å²) in [5.41, 5.74) is 1.34. The van der Waals surface area contributed by atoms with Crippen LogP contribution in [0.25, 0.3) is 11.3 Å². The Balaban J connectivity index is 2.61. The topological polar surface area (TPSA) is 42.4 Å². The van der Waals surface area contributed by atoms with Crippen molar-refractivity contribution in [1.29, 1.82) is 0 Å². The molecular weight excluding hydrogens is 281 g/mol. The van der Waals surface area contributed by atoms with E-state index in [0.717, 1.165) is 5.56 Å². The van der Waals surface area contributed by atoms with Crippen molar-refractivity contribution in [2.45, 2.75) is 6.61 Å². The van der Waals surface area contributed by atoms with Crippen molar-refractivity contribution in [3.8, 4) is 17.0 Å². The molecule has 1 N–H and O–H groups in total. The number of hydrogen-bond acceptors (Lipinski definition) is 4. The number of thiazole rings is 1. The maximum Gasteiger partial charge on any atom is 0.184 e. The third-order valence-electron chi connectivity index (χ3n) is 2.23. The van der Waals surface area contributed by atoms with E-state index in [1.165, 1.54) is 11.3 Å². The van der Waals surface area contributed by atoms with Gasteiger partial charge < -0.3 is 9.84 Å². The van der Waals surface area contributed by atoms with Gasteiger partial charge in [-0.05, 0) is 18.2 Å². The van der Waals surface area contributed by atoms with E-state index in [0.29, 0.717) is 25.8 Å². The minimum atomic E-state index is -0.116. The summed E-state index contributed by atoms with van der Waals surface area (Å²) in [4.78, 5) is 4.88. The molecule has 0 amide bonds. The Morgan fingerprint density at radius 2 is 2.18 bits per heavy atom. The Hall–Kier alpha value is -0.810. The minimum absolute atomic E-state index is 0.116. The van der Waals surface area contributed by atoms with Crippen molar-refractivity contribution < 1.29 is 9.84 Å². The summed E-state index contributed by atoms with van der Waals surface area (Å²) in [6.45, 7) is -0.116. The highest BCUT2D eigenvalue weighted by atomic mass is 35.5. The number of aromatic nitrogens is 1. The zero-order valence-corrected chi connectivity index (χ0v) is 11.2. The molecule has 0 atom stereocenters. The fraction of sp³-hybridized carbons (Fsp3) is 0.182. The number of aliphatic hydroxyl groups is 1. The average Bonchev–Trinajstić information content (AvgIpc) is 2.70. The molecule has 2 aromatic rings. The molecule has 0 fully saturated rings. The minimum Gasteiger partial charge on any atom is -0.496 e. The van der Waals surface area contributed by atoms with E-state index in [4.69, 9.17) is 27.9 Å². The smallest absolute Gasteiger partial charge is 0.184 e. The molecule has 0 saturated carbocycles. The lowest BCUT2D eigenvalue weighted by atomic mass is 10.1. The predicted octanol–water partition coefficient (Wildman–Crippen LogP) is 3.62. The van der Waals surface area contributed by atoms with Crippen molar-refractivity contribution >= 4 is 34.5 Å². The van der Waals surface area contributed by atoms with Crippen LogP contribution in [-0.4, -0.2) is 17.2 Å². The molecular formula is C11H9Cl2NO2S. The first-order valence-electron chi connectivity index (χ1n) is 4.75. The van der Waals surface area contributed by atoms with Crippen molar-refractivity contribution in [2.24, 2.45) is 0 Å². The van der Waals surface area contributed by atoms with Gasteiger partial charge >= 0.3 is 0 Å². The first kappa shape index (κ1) is 12.6. The molecule has 0 spiro atoms. The van der Waals surface area contributed by atoms with Gasteiger partial charge in [-0.25, -0.2) is 4.98 Å². The van der Waals surface area contributed by atoms with Gasteiger partial charge in [0.2, 0.25) is 0 Å². The Kier molecular flexibility index (Phi) is 3.89. The SMILES string of the molecule is COc1ccc(Cl)cc1-c1nc(Cl)sc1CO.